The molecule has 0 saturated heterocycles. The topological polar surface area (TPSA) is 72.5 Å². The molecule has 28 heavy (non-hydrogen) atoms. The van der Waals surface area contributed by atoms with Crippen molar-refractivity contribution in [2.45, 2.75) is 15.9 Å². The van der Waals surface area contributed by atoms with Crippen LogP contribution in [0.2, 0.25) is 0 Å². The highest BCUT2D eigenvalue weighted by Gasteiger charge is 2.30. The lowest BCUT2D eigenvalue weighted by atomic mass is 10.1. The van der Waals surface area contributed by atoms with Gasteiger partial charge in [0.15, 0.2) is 9.84 Å². The van der Waals surface area contributed by atoms with Crippen LogP contribution in [0.1, 0.15) is 16.4 Å². The molecule has 0 spiro atoms. The Balaban J connectivity index is 1.74. The van der Waals surface area contributed by atoms with Crippen molar-refractivity contribution in [2.75, 3.05) is 13.7 Å². The standard InChI is InChI=1S/C21H21NO4S2/c1-26-18-11-9-16(10-12-18)14-20(23)22-15-19(17-6-3-2-4-7-17)28(24,25)21-8-5-13-27-21/h2-13,19H,14-15H2,1H3,(H,22,23)/t19-/m1/s1. The van der Waals surface area contributed by atoms with Crippen LogP contribution in [0.15, 0.2) is 76.3 Å². The van der Waals surface area contributed by atoms with Gasteiger partial charge < -0.3 is 10.1 Å². The van der Waals surface area contributed by atoms with Gasteiger partial charge in [-0.05, 0) is 34.7 Å². The molecule has 1 N–H and O–H groups in total. The molecule has 0 unspecified atom stereocenters. The molecule has 0 aliphatic carbocycles. The molecule has 3 rings (SSSR count). The number of hydrogen-bond donors (Lipinski definition) is 1. The van der Waals surface area contributed by atoms with E-state index in [0.717, 1.165) is 11.3 Å². The van der Waals surface area contributed by atoms with Crippen LogP contribution in [0.25, 0.3) is 0 Å². The van der Waals surface area contributed by atoms with Crippen LogP contribution in [-0.4, -0.2) is 28.0 Å². The van der Waals surface area contributed by atoms with Crippen LogP contribution in [0.4, 0.5) is 0 Å². The molecule has 0 saturated carbocycles. The second kappa shape index (κ2) is 9.03. The summed E-state index contributed by atoms with van der Waals surface area (Å²) in [6.45, 7) is 0.0131. The van der Waals surface area contributed by atoms with Crippen LogP contribution in [0.3, 0.4) is 0 Å². The zero-order chi connectivity index (χ0) is 20.0. The van der Waals surface area contributed by atoms with Crippen LogP contribution in [0.5, 0.6) is 5.75 Å². The molecular weight excluding hydrogens is 394 g/mol. The number of amides is 1. The minimum absolute atomic E-state index is 0.0131. The number of rotatable bonds is 8. The number of carbonyl (C=O) groups excluding carboxylic acids is 1. The Labute approximate surface area is 168 Å². The fourth-order valence-corrected chi connectivity index (χ4v) is 5.70. The predicted octanol–water partition coefficient (Wildman–Crippen LogP) is 3.63. The largest absolute Gasteiger partial charge is 0.497 e. The molecular formula is C21H21NO4S2. The van der Waals surface area contributed by atoms with Gasteiger partial charge in [-0.1, -0.05) is 48.5 Å². The van der Waals surface area contributed by atoms with Crippen molar-refractivity contribution in [3.63, 3.8) is 0 Å². The van der Waals surface area contributed by atoms with E-state index in [1.54, 1.807) is 61.0 Å². The van der Waals surface area contributed by atoms with Crippen molar-refractivity contribution >= 4 is 27.1 Å². The van der Waals surface area contributed by atoms with Crippen molar-refractivity contribution in [1.29, 1.82) is 0 Å². The number of benzene rings is 2. The zero-order valence-electron chi connectivity index (χ0n) is 15.4. The zero-order valence-corrected chi connectivity index (χ0v) is 17.0. The number of nitrogens with one attached hydrogen (secondary N) is 1. The third-order valence-electron chi connectivity index (χ3n) is 4.33. The first kappa shape index (κ1) is 20.1. The van der Waals surface area contributed by atoms with E-state index in [-0.39, 0.29) is 18.9 Å². The molecule has 1 atom stereocenters. The van der Waals surface area contributed by atoms with Crippen molar-refractivity contribution in [2.24, 2.45) is 0 Å². The lowest BCUT2D eigenvalue weighted by molar-refractivity contribution is -0.120. The molecule has 2 aromatic carbocycles. The lowest BCUT2D eigenvalue weighted by Gasteiger charge is -2.18. The van der Waals surface area contributed by atoms with Gasteiger partial charge in [-0.25, -0.2) is 8.42 Å². The number of hydrogen-bond acceptors (Lipinski definition) is 5. The van der Waals surface area contributed by atoms with Crippen molar-refractivity contribution < 1.29 is 17.9 Å². The Morgan fingerprint density at radius 3 is 2.36 bits per heavy atom. The van der Waals surface area contributed by atoms with Gasteiger partial charge in [0.1, 0.15) is 15.2 Å². The summed E-state index contributed by atoms with van der Waals surface area (Å²) in [7, 11) is -2.02. The Hall–Kier alpha value is -2.64. The van der Waals surface area contributed by atoms with Gasteiger partial charge >= 0.3 is 0 Å². The van der Waals surface area contributed by atoms with Gasteiger partial charge in [0, 0.05) is 6.54 Å². The van der Waals surface area contributed by atoms with Crippen LogP contribution in [0, 0.1) is 0 Å². The van der Waals surface area contributed by atoms with E-state index in [2.05, 4.69) is 5.32 Å². The van der Waals surface area contributed by atoms with E-state index < -0.39 is 15.1 Å². The van der Waals surface area contributed by atoms with E-state index >= 15 is 0 Å². The van der Waals surface area contributed by atoms with E-state index in [9.17, 15) is 13.2 Å². The first-order valence-electron chi connectivity index (χ1n) is 8.72. The summed E-state index contributed by atoms with van der Waals surface area (Å²) in [5, 5.41) is 3.67. The second-order valence-electron chi connectivity index (χ2n) is 6.21. The molecule has 5 nitrogen and oxygen atoms in total. The minimum atomic E-state index is -3.60. The molecule has 7 heteroatoms. The third-order valence-corrected chi connectivity index (χ3v) is 7.86. The van der Waals surface area contributed by atoms with Crippen molar-refractivity contribution in [1.82, 2.24) is 5.32 Å². The molecule has 3 aromatic rings. The maximum Gasteiger partial charge on any atom is 0.224 e. The quantitative estimate of drug-likeness (QED) is 0.610. The van der Waals surface area contributed by atoms with Gasteiger partial charge in [-0.15, -0.1) is 11.3 Å². The summed E-state index contributed by atoms with van der Waals surface area (Å²) in [4.78, 5) is 12.4. The normalized spacial score (nSPS) is 12.3. The lowest BCUT2D eigenvalue weighted by Crippen LogP contribution is -2.32. The predicted molar refractivity (Wildman–Crippen MR) is 110 cm³/mol. The fraction of sp³-hybridized carbons (Fsp3) is 0.190. The molecule has 0 aliphatic rings. The second-order valence-corrected chi connectivity index (χ2v) is 9.51. The summed E-state index contributed by atoms with van der Waals surface area (Å²) >= 11 is 1.18. The maximum atomic E-state index is 13.1. The van der Waals surface area contributed by atoms with Crippen molar-refractivity contribution in [3.8, 4) is 5.75 Å². The van der Waals surface area contributed by atoms with Crippen LogP contribution >= 0.6 is 11.3 Å². The molecule has 146 valence electrons. The number of sulfone groups is 1. The Bertz CT molecular complexity index is 998. The Kier molecular flexibility index (Phi) is 6.49. The number of ether oxygens (including phenoxy) is 1. The van der Waals surface area contributed by atoms with Crippen molar-refractivity contribution in [3.05, 3.63) is 83.2 Å². The molecule has 0 bridgehead atoms. The SMILES string of the molecule is COc1ccc(CC(=O)NC[C@H](c2ccccc2)S(=O)(=O)c2cccs2)cc1. The highest BCUT2D eigenvalue weighted by molar-refractivity contribution is 7.93. The Morgan fingerprint density at radius 1 is 1.04 bits per heavy atom. The van der Waals surface area contributed by atoms with Crippen LogP contribution in [-0.2, 0) is 21.1 Å². The Morgan fingerprint density at radius 2 is 1.75 bits per heavy atom. The first-order valence-corrected chi connectivity index (χ1v) is 11.2. The third kappa shape index (κ3) is 4.79. The minimum Gasteiger partial charge on any atom is -0.497 e. The van der Waals surface area contributed by atoms with E-state index in [1.807, 2.05) is 18.2 Å². The summed E-state index contributed by atoms with van der Waals surface area (Å²) in [6.07, 6.45) is 0.171. The van der Waals surface area contributed by atoms with Gasteiger partial charge in [0.25, 0.3) is 0 Å². The monoisotopic (exact) mass is 415 g/mol. The number of methoxy groups -OCH3 is 1. The van der Waals surface area contributed by atoms with Gasteiger partial charge in [-0.3, -0.25) is 4.79 Å². The first-order chi connectivity index (χ1) is 13.5. The molecule has 1 heterocycles. The van der Waals surface area contributed by atoms with Gasteiger partial charge in [-0.2, -0.15) is 0 Å². The van der Waals surface area contributed by atoms with E-state index in [4.69, 9.17) is 4.74 Å². The average molecular weight is 416 g/mol. The summed E-state index contributed by atoms with van der Waals surface area (Å²) in [6, 6.07) is 19.5. The molecule has 1 aromatic heterocycles. The maximum absolute atomic E-state index is 13.1. The van der Waals surface area contributed by atoms with Gasteiger partial charge in [0.05, 0.1) is 13.5 Å². The number of carbonyl (C=O) groups is 1. The summed E-state index contributed by atoms with van der Waals surface area (Å²) in [5.74, 6) is 0.489. The molecule has 0 radical (unpaired) electrons. The molecule has 0 aliphatic heterocycles. The van der Waals surface area contributed by atoms with E-state index in [1.165, 1.54) is 11.3 Å². The smallest absolute Gasteiger partial charge is 0.224 e. The fourth-order valence-electron chi connectivity index (χ4n) is 2.84. The number of thiophene rings is 1. The molecule has 1 amide bonds. The average Bonchev–Trinajstić information content (AvgIpc) is 3.25. The summed E-state index contributed by atoms with van der Waals surface area (Å²) in [5.41, 5.74) is 1.48. The summed E-state index contributed by atoms with van der Waals surface area (Å²) < 4.78 is 31.6. The van der Waals surface area contributed by atoms with Gasteiger partial charge in [0.2, 0.25) is 5.91 Å². The van der Waals surface area contributed by atoms with E-state index in [0.29, 0.717) is 9.77 Å². The highest BCUT2D eigenvalue weighted by atomic mass is 32.2. The van der Waals surface area contributed by atoms with Crippen LogP contribution < -0.4 is 10.1 Å². The highest BCUT2D eigenvalue weighted by Crippen LogP contribution is 2.31. The molecule has 0 fully saturated rings.